The van der Waals surface area contributed by atoms with Crippen molar-refractivity contribution >= 4 is 17.2 Å². The number of fused-ring (bicyclic) bond motifs is 1. The number of rotatable bonds is 3. The van der Waals surface area contributed by atoms with E-state index >= 15 is 0 Å². The van der Waals surface area contributed by atoms with Crippen LogP contribution in [0.5, 0.6) is 5.75 Å². The van der Waals surface area contributed by atoms with Gasteiger partial charge in [0.15, 0.2) is 6.10 Å². The molecule has 1 aliphatic rings. The zero-order valence-electron chi connectivity index (χ0n) is 12.0. The molecule has 2 aromatic carbocycles. The molecule has 1 atom stereocenters. The number of aliphatic imine (C=N–C) groups is 1. The maximum Gasteiger partial charge on any atom is 0.153 e. The predicted octanol–water partition coefficient (Wildman–Crippen LogP) is 3.10. The molecular formula is C17H19N3O. The van der Waals surface area contributed by atoms with Gasteiger partial charge in [-0.25, -0.2) is 0 Å². The number of nitrogens with one attached hydrogen (secondary N) is 1. The SMILES string of the molecule is CC1Oc2cc(N)ccc2NC1=NCCc1ccccc1. The average molecular weight is 281 g/mol. The van der Waals surface area contributed by atoms with Gasteiger partial charge in [-0.15, -0.1) is 0 Å². The number of amidine groups is 1. The first-order chi connectivity index (χ1) is 10.2. The summed E-state index contributed by atoms with van der Waals surface area (Å²) in [5, 5.41) is 3.33. The van der Waals surface area contributed by atoms with Crippen molar-refractivity contribution in [3.63, 3.8) is 0 Å². The molecule has 0 saturated heterocycles. The minimum Gasteiger partial charge on any atom is -0.481 e. The van der Waals surface area contributed by atoms with E-state index in [1.54, 1.807) is 0 Å². The van der Waals surface area contributed by atoms with Crippen molar-refractivity contribution in [2.75, 3.05) is 17.6 Å². The van der Waals surface area contributed by atoms with Crippen LogP contribution in [0.4, 0.5) is 11.4 Å². The number of nitrogens with two attached hydrogens (primary N) is 1. The van der Waals surface area contributed by atoms with Crippen LogP contribution in [0.1, 0.15) is 12.5 Å². The van der Waals surface area contributed by atoms with Crippen LogP contribution >= 0.6 is 0 Å². The third-order valence-electron chi connectivity index (χ3n) is 3.48. The molecule has 2 aromatic rings. The van der Waals surface area contributed by atoms with Crippen LogP contribution in [-0.2, 0) is 6.42 Å². The summed E-state index contributed by atoms with van der Waals surface area (Å²) in [5.41, 5.74) is 8.68. The first-order valence-electron chi connectivity index (χ1n) is 7.14. The van der Waals surface area contributed by atoms with E-state index in [9.17, 15) is 0 Å². The van der Waals surface area contributed by atoms with Crippen LogP contribution in [0, 0.1) is 0 Å². The number of hydrogen-bond donors (Lipinski definition) is 2. The Bertz CT molecular complexity index is 652. The van der Waals surface area contributed by atoms with Crippen molar-refractivity contribution in [2.45, 2.75) is 19.4 Å². The van der Waals surface area contributed by atoms with Gasteiger partial charge in [-0.2, -0.15) is 0 Å². The molecule has 0 spiro atoms. The summed E-state index contributed by atoms with van der Waals surface area (Å²) in [6.45, 7) is 2.73. The van der Waals surface area contributed by atoms with E-state index in [0.717, 1.165) is 30.2 Å². The molecule has 0 bridgehead atoms. The minimum atomic E-state index is -0.0879. The van der Waals surface area contributed by atoms with Crippen LogP contribution in [-0.4, -0.2) is 18.5 Å². The molecule has 3 rings (SSSR count). The van der Waals surface area contributed by atoms with Gasteiger partial charge in [0.25, 0.3) is 0 Å². The highest BCUT2D eigenvalue weighted by atomic mass is 16.5. The van der Waals surface area contributed by atoms with Crippen molar-refractivity contribution in [3.05, 3.63) is 54.1 Å². The van der Waals surface area contributed by atoms with E-state index < -0.39 is 0 Å². The van der Waals surface area contributed by atoms with Crippen molar-refractivity contribution in [3.8, 4) is 5.75 Å². The molecule has 1 unspecified atom stereocenters. The minimum absolute atomic E-state index is 0.0879. The van der Waals surface area contributed by atoms with Crippen LogP contribution < -0.4 is 15.8 Å². The Morgan fingerprint density at radius 3 is 2.81 bits per heavy atom. The summed E-state index contributed by atoms with van der Waals surface area (Å²) in [5.74, 6) is 1.65. The molecule has 0 saturated carbocycles. The maximum atomic E-state index is 5.85. The van der Waals surface area contributed by atoms with Gasteiger partial charge in [-0.1, -0.05) is 30.3 Å². The second-order valence-electron chi connectivity index (χ2n) is 5.14. The molecule has 21 heavy (non-hydrogen) atoms. The first kappa shape index (κ1) is 13.5. The molecule has 1 aliphatic heterocycles. The zero-order valence-corrected chi connectivity index (χ0v) is 12.0. The maximum absolute atomic E-state index is 5.85. The molecule has 4 nitrogen and oxygen atoms in total. The van der Waals surface area contributed by atoms with E-state index in [4.69, 9.17) is 10.5 Å². The summed E-state index contributed by atoms with van der Waals surface area (Å²) in [6, 6.07) is 16.0. The van der Waals surface area contributed by atoms with Gasteiger partial charge in [0.2, 0.25) is 0 Å². The van der Waals surface area contributed by atoms with Gasteiger partial charge in [-0.05, 0) is 31.0 Å². The topological polar surface area (TPSA) is 59.6 Å². The third kappa shape index (κ3) is 3.16. The fourth-order valence-corrected chi connectivity index (χ4v) is 2.34. The number of ether oxygens (including phenoxy) is 1. The van der Waals surface area contributed by atoms with Crippen LogP contribution in [0.3, 0.4) is 0 Å². The molecule has 108 valence electrons. The fraction of sp³-hybridized carbons (Fsp3) is 0.235. The lowest BCUT2D eigenvalue weighted by molar-refractivity contribution is 0.282. The zero-order chi connectivity index (χ0) is 14.7. The number of nitrogen functional groups attached to an aromatic ring is 1. The molecule has 0 aliphatic carbocycles. The summed E-state index contributed by atoms with van der Waals surface area (Å²) in [6.07, 6.45) is 0.836. The highest BCUT2D eigenvalue weighted by Crippen LogP contribution is 2.31. The molecule has 3 N–H and O–H groups in total. The largest absolute Gasteiger partial charge is 0.481 e. The van der Waals surface area contributed by atoms with Gasteiger partial charge in [0.1, 0.15) is 11.6 Å². The predicted molar refractivity (Wildman–Crippen MR) is 87.0 cm³/mol. The Morgan fingerprint density at radius 2 is 2.00 bits per heavy atom. The normalized spacial score (nSPS) is 18.7. The Hall–Kier alpha value is -2.49. The molecule has 1 heterocycles. The van der Waals surface area contributed by atoms with Gasteiger partial charge < -0.3 is 15.8 Å². The Kier molecular flexibility index (Phi) is 3.77. The number of benzene rings is 2. The van der Waals surface area contributed by atoms with Crippen molar-refractivity contribution in [1.82, 2.24) is 0 Å². The first-order valence-corrected chi connectivity index (χ1v) is 7.14. The van der Waals surface area contributed by atoms with Gasteiger partial charge in [0.05, 0.1) is 5.69 Å². The van der Waals surface area contributed by atoms with E-state index in [1.165, 1.54) is 5.56 Å². The molecule has 4 heteroatoms. The fourth-order valence-electron chi connectivity index (χ4n) is 2.34. The van der Waals surface area contributed by atoms with E-state index in [-0.39, 0.29) is 6.10 Å². The standard InChI is InChI=1S/C17H19N3O/c1-12-17(19-10-9-13-5-3-2-4-6-13)20-15-8-7-14(18)11-16(15)21-12/h2-8,11-12H,9-10,18H2,1H3,(H,19,20). The van der Waals surface area contributed by atoms with Gasteiger partial charge in [-0.3, -0.25) is 4.99 Å². The molecule has 0 amide bonds. The van der Waals surface area contributed by atoms with Gasteiger partial charge in [0, 0.05) is 18.3 Å². The van der Waals surface area contributed by atoms with Crippen molar-refractivity contribution in [1.29, 1.82) is 0 Å². The van der Waals surface area contributed by atoms with Crippen molar-refractivity contribution in [2.24, 2.45) is 4.99 Å². The highest BCUT2D eigenvalue weighted by molar-refractivity contribution is 6.01. The summed E-state index contributed by atoms with van der Waals surface area (Å²) in [7, 11) is 0. The van der Waals surface area contributed by atoms with E-state index in [2.05, 4.69) is 22.4 Å². The number of nitrogens with zero attached hydrogens (tertiary/aromatic N) is 1. The summed E-state index contributed by atoms with van der Waals surface area (Å²) >= 11 is 0. The smallest absolute Gasteiger partial charge is 0.153 e. The summed E-state index contributed by atoms with van der Waals surface area (Å²) < 4.78 is 5.85. The third-order valence-corrected chi connectivity index (χ3v) is 3.48. The second kappa shape index (κ2) is 5.87. The van der Waals surface area contributed by atoms with E-state index in [0.29, 0.717) is 5.69 Å². The second-order valence-corrected chi connectivity index (χ2v) is 5.14. The molecule has 0 radical (unpaired) electrons. The van der Waals surface area contributed by atoms with Crippen molar-refractivity contribution < 1.29 is 4.74 Å². The quantitative estimate of drug-likeness (QED) is 0.850. The van der Waals surface area contributed by atoms with Crippen LogP contribution in [0.15, 0.2) is 53.5 Å². The van der Waals surface area contributed by atoms with Gasteiger partial charge >= 0.3 is 0 Å². The lowest BCUT2D eigenvalue weighted by Gasteiger charge is -2.26. The highest BCUT2D eigenvalue weighted by Gasteiger charge is 2.21. The molecule has 0 fully saturated rings. The average Bonchev–Trinajstić information content (AvgIpc) is 2.49. The lowest BCUT2D eigenvalue weighted by atomic mass is 10.1. The van der Waals surface area contributed by atoms with E-state index in [1.807, 2.05) is 43.3 Å². The lowest BCUT2D eigenvalue weighted by Crippen LogP contribution is -2.35. The Morgan fingerprint density at radius 1 is 1.19 bits per heavy atom. The Balaban J connectivity index is 1.68. The molecule has 0 aromatic heterocycles. The van der Waals surface area contributed by atoms with Crippen LogP contribution in [0.25, 0.3) is 0 Å². The van der Waals surface area contributed by atoms with Crippen LogP contribution in [0.2, 0.25) is 0 Å². The number of anilines is 2. The monoisotopic (exact) mass is 281 g/mol. The number of hydrogen-bond acceptors (Lipinski definition) is 3. The Labute approximate surface area is 124 Å². The summed E-state index contributed by atoms with van der Waals surface area (Å²) in [4.78, 5) is 4.63. The molecular weight excluding hydrogens is 262 g/mol.